The fourth-order valence-electron chi connectivity index (χ4n) is 1.61. The maximum absolute atomic E-state index is 12.7. The van der Waals surface area contributed by atoms with Crippen LogP contribution in [0.5, 0.6) is 0 Å². The van der Waals surface area contributed by atoms with Gasteiger partial charge in [0.25, 0.3) is 0 Å². The van der Waals surface area contributed by atoms with Crippen LogP contribution in [0.2, 0.25) is 0 Å². The molecule has 0 radical (unpaired) electrons. The molecule has 114 valence electrons. The first kappa shape index (κ1) is 16.9. The molecule has 8 heteroatoms. The lowest BCUT2D eigenvalue weighted by molar-refractivity contribution is -0.138. The smallest absolute Gasteiger partial charge is 0.396 e. The van der Waals surface area contributed by atoms with Crippen LogP contribution in [0.4, 0.5) is 13.2 Å². The second-order valence-corrected chi connectivity index (χ2v) is 6.15. The first-order valence-corrected chi connectivity index (χ1v) is 7.65. The van der Waals surface area contributed by atoms with E-state index in [0.717, 1.165) is 6.07 Å². The molecule has 1 rings (SSSR count). The molecule has 0 atom stereocenters. The normalized spacial score (nSPS) is 12.6. The van der Waals surface area contributed by atoms with Gasteiger partial charge in [0, 0.05) is 13.2 Å². The molecular formula is C12H16F3NO3S. The maximum Gasteiger partial charge on any atom is 0.416 e. The van der Waals surface area contributed by atoms with E-state index in [-0.39, 0.29) is 24.3 Å². The molecule has 0 heterocycles. The van der Waals surface area contributed by atoms with Crippen LogP contribution in [0.25, 0.3) is 0 Å². The second kappa shape index (κ2) is 7.05. The third-order valence-electron chi connectivity index (χ3n) is 2.63. The van der Waals surface area contributed by atoms with Crippen molar-refractivity contribution in [1.82, 2.24) is 4.72 Å². The van der Waals surface area contributed by atoms with Gasteiger partial charge in [0.05, 0.1) is 11.3 Å². The Morgan fingerprint density at radius 2 is 1.80 bits per heavy atom. The first-order valence-electron chi connectivity index (χ1n) is 5.99. The van der Waals surface area contributed by atoms with Crippen molar-refractivity contribution in [3.63, 3.8) is 0 Å². The van der Waals surface area contributed by atoms with E-state index < -0.39 is 28.3 Å². The van der Waals surface area contributed by atoms with Crippen LogP contribution in [0.15, 0.2) is 24.3 Å². The zero-order valence-corrected chi connectivity index (χ0v) is 11.5. The molecule has 0 fully saturated rings. The summed E-state index contributed by atoms with van der Waals surface area (Å²) in [7, 11) is -3.64. The van der Waals surface area contributed by atoms with E-state index in [1.807, 2.05) is 0 Å². The highest BCUT2D eigenvalue weighted by molar-refractivity contribution is 7.89. The number of alkyl halides is 3. The maximum atomic E-state index is 12.7. The van der Waals surface area contributed by atoms with Gasteiger partial charge < -0.3 is 5.11 Å². The number of nitrogens with one attached hydrogen (secondary N) is 1. The molecule has 1 aromatic rings. The fraction of sp³-hybridized carbons (Fsp3) is 0.500. The zero-order chi connectivity index (χ0) is 15.2. The van der Waals surface area contributed by atoms with Crippen LogP contribution < -0.4 is 4.72 Å². The Bertz CT molecular complexity index is 529. The molecule has 4 nitrogen and oxygen atoms in total. The van der Waals surface area contributed by atoms with Gasteiger partial charge in [0.1, 0.15) is 0 Å². The Kier molecular flexibility index (Phi) is 5.97. The van der Waals surface area contributed by atoms with Gasteiger partial charge in [0.15, 0.2) is 0 Å². The van der Waals surface area contributed by atoms with Crippen molar-refractivity contribution in [2.45, 2.75) is 25.6 Å². The predicted molar refractivity (Wildman–Crippen MR) is 68.4 cm³/mol. The van der Waals surface area contributed by atoms with Crippen molar-refractivity contribution in [3.05, 3.63) is 35.4 Å². The van der Waals surface area contributed by atoms with E-state index in [2.05, 4.69) is 4.72 Å². The number of halogens is 3. The number of hydrogen-bond donors (Lipinski definition) is 2. The number of hydrogen-bond acceptors (Lipinski definition) is 3. The molecule has 0 aliphatic carbocycles. The lowest BCUT2D eigenvalue weighted by atomic mass is 10.1. The van der Waals surface area contributed by atoms with Gasteiger partial charge >= 0.3 is 6.18 Å². The van der Waals surface area contributed by atoms with Crippen molar-refractivity contribution in [2.24, 2.45) is 0 Å². The average molecular weight is 311 g/mol. The van der Waals surface area contributed by atoms with Crippen LogP contribution >= 0.6 is 0 Å². The molecule has 0 bridgehead atoms. The van der Waals surface area contributed by atoms with E-state index in [1.165, 1.54) is 18.2 Å². The minimum atomic E-state index is -4.51. The minimum absolute atomic E-state index is 0.119. The monoisotopic (exact) mass is 311 g/mol. The number of sulfonamides is 1. The lowest BCUT2D eigenvalue weighted by Crippen LogP contribution is -2.27. The quantitative estimate of drug-likeness (QED) is 0.756. The number of unbranched alkanes of at least 4 members (excludes halogenated alkanes) is 1. The number of rotatable bonds is 7. The molecule has 2 N–H and O–H groups in total. The van der Waals surface area contributed by atoms with Gasteiger partial charge in [-0.1, -0.05) is 18.2 Å². The lowest BCUT2D eigenvalue weighted by Gasteiger charge is -2.13. The molecule has 0 spiro atoms. The SMILES string of the molecule is O=S(=O)(CCCCO)NCc1ccccc1C(F)(F)F. The molecule has 0 saturated heterocycles. The van der Waals surface area contributed by atoms with Crippen LogP contribution in [-0.2, 0) is 22.7 Å². The minimum Gasteiger partial charge on any atom is -0.396 e. The molecule has 0 aliphatic heterocycles. The third-order valence-corrected chi connectivity index (χ3v) is 4.04. The molecule has 0 aromatic heterocycles. The van der Waals surface area contributed by atoms with Gasteiger partial charge in [-0.3, -0.25) is 0 Å². The average Bonchev–Trinajstić information content (AvgIpc) is 2.36. The van der Waals surface area contributed by atoms with Crippen molar-refractivity contribution in [2.75, 3.05) is 12.4 Å². The van der Waals surface area contributed by atoms with Crippen molar-refractivity contribution in [3.8, 4) is 0 Å². The highest BCUT2D eigenvalue weighted by Gasteiger charge is 2.32. The second-order valence-electron chi connectivity index (χ2n) is 4.23. The number of benzene rings is 1. The van der Waals surface area contributed by atoms with Gasteiger partial charge in [-0.25, -0.2) is 13.1 Å². The summed E-state index contributed by atoms with van der Waals surface area (Å²) in [5.41, 5.74) is -0.969. The Balaban J connectivity index is 2.71. The Labute approximate surface area is 115 Å². The summed E-state index contributed by atoms with van der Waals surface area (Å²) < 4.78 is 63.4. The third kappa shape index (κ3) is 5.48. The van der Waals surface area contributed by atoms with E-state index in [9.17, 15) is 21.6 Å². The summed E-state index contributed by atoms with van der Waals surface area (Å²) in [6, 6.07) is 4.82. The molecule has 0 unspecified atom stereocenters. The summed E-state index contributed by atoms with van der Waals surface area (Å²) in [6.07, 6.45) is -3.92. The molecule has 0 aliphatic rings. The van der Waals surface area contributed by atoms with Crippen LogP contribution in [0, 0.1) is 0 Å². The van der Waals surface area contributed by atoms with Crippen molar-refractivity contribution in [1.29, 1.82) is 0 Å². The standard InChI is InChI=1S/C12H16F3NO3S/c13-12(14,15)11-6-2-1-5-10(11)9-16-20(18,19)8-4-3-7-17/h1-2,5-6,16-17H,3-4,7-9H2. The fourth-order valence-corrected chi connectivity index (χ4v) is 2.72. The number of aliphatic hydroxyl groups excluding tert-OH is 1. The molecular weight excluding hydrogens is 295 g/mol. The van der Waals surface area contributed by atoms with Gasteiger partial charge in [0.2, 0.25) is 10.0 Å². The van der Waals surface area contributed by atoms with Crippen molar-refractivity contribution < 1.29 is 26.7 Å². The Morgan fingerprint density at radius 1 is 1.15 bits per heavy atom. The summed E-state index contributed by atoms with van der Waals surface area (Å²) in [4.78, 5) is 0. The van der Waals surface area contributed by atoms with Gasteiger partial charge in [-0.15, -0.1) is 0 Å². The van der Waals surface area contributed by atoms with Gasteiger partial charge in [-0.05, 0) is 24.5 Å². The van der Waals surface area contributed by atoms with Crippen LogP contribution in [0.1, 0.15) is 24.0 Å². The van der Waals surface area contributed by atoms with Crippen molar-refractivity contribution >= 4 is 10.0 Å². The highest BCUT2D eigenvalue weighted by atomic mass is 32.2. The largest absolute Gasteiger partial charge is 0.416 e. The predicted octanol–water partition coefficient (Wildman–Crippen LogP) is 1.90. The topological polar surface area (TPSA) is 66.4 Å². The molecule has 1 aromatic carbocycles. The Hall–Kier alpha value is -1.12. The number of aliphatic hydroxyl groups is 1. The summed E-state index contributed by atoms with van der Waals surface area (Å²) in [6.45, 7) is -0.524. The van der Waals surface area contributed by atoms with E-state index in [1.54, 1.807) is 0 Å². The molecule has 0 amide bonds. The molecule has 0 saturated carbocycles. The summed E-state index contributed by atoms with van der Waals surface area (Å²) >= 11 is 0. The highest BCUT2D eigenvalue weighted by Crippen LogP contribution is 2.31. The molecule has 20 heavy (non-hydrogen) atoms. The van der Waals surface area contributed by atoms with E-state index >= 15 is 0 Å². The summed E-state index contributed by atoms with van der Waals surface area (Å²) in [5.74, 6) is -0.220. The van der Waals surface area contributed by atoms with Crippen LogP contribution in [0.3, 0.4) is 0 Å². The first-order chi connectivity index (χ1) is 9.26. The Morgan fingerprint density at radius 3 is 2.40 bits per heavy atom. The zero-order valence-electron chi connectivity index (χ0n) is 10.7. The van der Waals surface area contributed by atoms with E-state index in [4.69, 9.17) is 5.11 Å². The van der Waals surface area contributed by atoms with E-state index in [0.29, 0.717) is 6.42 Å². The van der Waals surface area contributed by atoms with Crippen LogP contribution in [-0.4, -0.2) is 25.9 Å². The summed E-state index contributed by atoms with van der Waals surface area (Å²) in [5, 5.41) is 8.56. The van der Waals surface area contributed by atoms with Gasteiger partial charge in [-0.2, -0.15) is 13.2 Å².